The maximum absolute atomic E-state index is 8.75. The lowest BCUT2D eigenvalue weighted by Gasteiger charge is -2.07. The van der Waals surface area contributed by atoms with Crippen LogP contribution < -0.4 is 5.32 Å². The Morgan fingerprint density at radius 3 is 2.60 bits per heavy atom. The average Bonchev–Trinajstić information content (AvgIpc) is 2.75. The molecule has 0 saturated heterocycles. The minimum absolute atomic E-state index is 0.674. The quantitative estimate of drug-likeness (QED) is 0.920. The summed E-state index contributed by atoms with van der Waals surface area (Å²) in [5.41, 5.74) is 3.69. The maximum atomic E-state index is 8.75. The number of nitrogens with zero attached hydrogens (tertiary/aromatic N) is 3. The monoisotopic (exact) mass is 288 g/mol. The molecule has 0 radical (unpaired) electrons. The highest BCUT2D eigenvalue weighted by atomic mass is 35.5. The molecule has 0 aliphatic rings. The van der Waals surface area contributed by atoms with Gasteiger partial charge in [-0.2, -0.15) is 10.4 Å². The fourth-order valence-electron chi connectivity index (χ4n) is 2.06. The zero-order chi connectivity index (χ0) is 14.5. The van der Waals surface area contributed by atoms with Crippen LogP contribution in [-0.2, 0) is 19.6 Å². The van der Waals surface area contributed by atoms with E-state index >= 15 is 0 Å². The molecule has 0 saturated carbocycles. The Hall–Kier alpha value is -1.83. The van der Waals surface area contributed by atoms with E-state index in [1.165, 1.54) is 0 Å². The summed E-state index contributed by atoms with van der Waals surface area (Å²) in [4.78, 5) is 0. The highest BCUT2D eigenvalue weighted by molar-refractivity contribution is 6.31. The van der Waals surface area contributed by atoms with Crippen LogP contribution >= 0.6 is 11.6 Å². The molecule has 1 aromatic carbocycles. The molecule has 0 bridgehead atoms. The van der Waals surface area contributed by atoms with Crippen molar-refractivity contribution >= 4 is 11.6 Å². The van der Waals surface area contributed by atoms with E-state index in [0.29, 0.717) is 12.1 Å². The summed E-state index contributed by atoms with van der Waals surface area (Å²) in [5.74, 6) is 0. The summed E-state index contributed by atoms with van der Waals surface area (Å²) in [6.07, 6.45) is 0. The van der Waals surface area contributed by atoms with Crippen molar-refractivity contribution in [2.45, 2.75) is 33.5 Å². The molecule has 1 N–H and O–H groups in total. The van der Waals surface area contributed by atoms with Crippen LogP contribution in [-0.4, -0.2) is 9.78 Å². The summed E-state index contributed by atoms with van der Waals surface area (Å²) in [7, 11) is 0. The third kappa shape index (κ3) is 3.19. The van der Waals surface area contributed by atoms with E-state index in [2.05, 4.69) is 16.5 Å². The van der Waals surface area contributed by atoms with Gasteiger partial charge in [-0.05, 0) is 31.5 Å². The van der Waals surface area contributed by atoms with Gasteiger partial charge in [0.1, 0.15) is 0 Å². The van der Waals surface area contributed by atoms with E-state index in [0.717, 1.165) is 35.1 Å². The van der Waals surface area contributed by atoms with E-state index < -0.39 is 0 Å². The average molecular weight is 289 g/mol. The third-order valence-electron chi connectivity index (χ3n) is 3.16. The lowest BCUT2D eigenvalue weighted by atomic mass is 10.1. The predicted molar refractivity (Wildman–Crippen MR) is 79.3 cm³/mol. The van der Waals surface area contributed by atoms with Crippen molar-refractivity contribution in [2.24, 2.45) is 0 Å². The second-order valence-corrected chi connectivity index (χ2v) is 4.95. The van der Waals surface area contributed by atoms with Crippen LogP contribution in [0.4, 0.5) is 0 Å². The topological polar surface area (TPSA) is 53.6 Å². The molecule has 1 aromatic heterocycles. The van der Waals surface area contributed by atoms with Crippen LogP contribution in [0.1, 0.15) is 29.4 Å². The molecule has 0 amide bonds. The van der Waals surface area contributed by atoms with Crippen LogP contribution in [0, 0.1) is 18.3 Å². The molecule has 0 fully saturated rings. The molecule has 2 rings (SSSR count). The van der Waals surface area contributed by atoms with Gasteiger partial charge in [0.05, 0.1) is 28.0 Å². The summed E-state index contributed by atoms with van der Waals surface area (Å²) in [6.45, 7) is 6.18. The molecule has 0 aliphatic carbocycles. The fourth-order valence-corrected chi connectivity index (χ4v) is 2.26. The molecule has 5 heteroatoms. The van der Waals surface area contributed by atoms with Crippen LogP contribution in [0.3, 0.4) is 0 Å². The molecule has 0 unspecified atom stereocenters. The van der Waals surface area contributed by atoms with Crippen LogP contribution in [0.15, 0.2) is 24.3 Å². The Balaban J connectivity index is 1.97. The summed E-state index contributed by atoms with van der Waals surface area (Å²) in [6, 6.07) is 9.67. The highest BCUT2D eigenvalue weighted by Crippen LogP contribution is 2.20. The molecule has 4 nitrogen and oxygen atoms in total. The van der Waals surface area contributed by atoms with Crippen LogP contribution in [0.25, 0.3) is 0 Å². The molecule has 0 atom stereocenters. The van der Waals surface area contributed by atoms with Crippen LogP contribution in [0.5, 0.6) is 0 Å². The second kappa shape index (κ2) is 6.56. The zero-order valence-corrected chi connectivity index (χ0v) is 12.4. The summed E-state index contributed by atoms with van der Waals surface area (Å²) < 4.78 is 1.92. The molecular formula is C15H17ClN4. The molecule has 104 valence electrons. The first-order chi connectivity index (χ1) is 9.65. The Kier molecular flexibility index (Phi) is 4.78. The Morgan fingerprint density at radius 1 is 1.30 bits per heavy atom. The van der Waals surface area contributed by atoms with E-state index in [1.807, 2.05) is 42.8 Å². The standard InChI is InChI=1S/C15H17ClN4/c1-3-20-14(15(16)11(2)19-20)10-18-9-13-6-4-12(8-17)5-7-13/h4-7,18H,3,9-10H2,1-2H3. The SMILES string of the molecule is CCn1nc(C)c(Cl)c1CNCc1ccc(C#N)cc1. The van der Waals surface area contributed by atoms with Crippen molar-refractivity contribution in [3.05, 3.63) is 51.8 Å². The van der Waals surface area contributed by atoms with E-state index in [4.69, 9.17) is 16.9 Å². The Labute approximate surface area is 124 Å². The summed E-state index contributed by atoms with van der Waals surface area (Å²) >= 11 is 6.25. The molecule has 1 heterocycles. The number of aromatic nitrogens is 2. The van der Waals surface area contributed by atoms with E-state index in [-0.39, 0.29) is 0 Å². The highest BCUT2D eigenvalue weighted by Gasteiger charge is 2.11. The number of rotatable bonds is 5. The molecular weight excluding hydrogens is 272 g/mol. The van der Waals surface area contributed by atoms with Gasteiger partial charge in [0.15, 0.2) is 0 Å². The first kappa shape index (κ1) is 14.6. The zero-order valence-electron chi connectivity index (χ0n) is 11.7. The Morgan fingerprint density at radius 2 is 2.00 bits per heavy atom. The number of hydrogen-bond donors (Lipinski definition) is 1. The maximum Gasteiger partial charge on any atom is 0.0991 e. The number of nitrogens with one attached hydrogen (secondary N) is 1. The largest absolute Gasteiger partial charge is 0.307 e. The number of hydrogen-bond acceptors (Lipinski definition) is 3. The fraction of sp³-hybridized carbons (Fsp3) is 0.333. The van der Waals surface area contributed by atoms with Gasteiger partial charge in [0.25, 0.3) is 0 Å². The van der Waals surface area contributed by atoms with Gasteiger partial charge in [0, 0.05) is 19.6 Å². The normalized spacial score (nSPS) is 10.5. The molecule has 20 heavy (non-hydrogen) atoms. The van der Waals surface area contributed by atoms with Crippen molar-refractivity contribution in [1.82, 2.24) is 15.1 Å². The molecule has 2 aromatic rings. The van der Waals surface area contributed by atoms with Crippen molar-refractivity contribution in [3.63, 3.8) is 0 Å². The summed E-state index contributed by atoms with van der Waals surface area (Å²) in [5, 5.41) is 17.2. The van der Waals surface area contributed by atoms with Crippen molar-refractivity contribution in [1.29, 1.82) is 5.26 Å². The lowest BCUT2D eigenvalue weighted by molar-refractivity contribution is 0.579. The van der Waals surface area contributed by atoms with Crippen LogP contribution in [0.2, 0.25) is 5.02 Å². The first-order valence-electron chi connectivity index (χ1n) is 6.57. The Bertz CT molecular complexity index is 623. The molecule has 0 aliphatic heterocycles. The van der Waals surface area contributed by atoms with Gasteiger partial charge in [-0.3, -0.25) is 4.68 Å². The third-order valence-corrected chi connectivity index (χ3v) is 3.65. The lowest BCUT2D eigenvalue weighted by Crippen LogP contribution is -2.16. The van der Waals surface area contributed by atoms with Crippen molar-refractivity contribution in [3.8, 4) is 6.07 Å². The van der Waals surface area contributed by atoms with Crippen molar-refractivity contribution < 1.29 is 0 Å². The number of nitriles is 1. The number of benzene rings is 1. The van der Waals surface area contributed by atoms with Gasteiger partial charge >= 0.3 is 0 Å². The van der Waals surface area contributed by atoms with E-state index in [1.54, 1.807) is 0 Å². The minimum atomic E-state index is 0.674. The van der Waals surface area contributed by atoms with Gasteiger partial charge in [-0.25, -0.2) is 0 Å². The number of halogens is 1. The van der Waals surface area contributed by atoms with Gasteiger partial charge < -0.3 is 5.32 Å². The predicted octanol–water partition coefficient (Wildman–Crippen LogP) is 3.03. The minimum Gasteiger partial charge on any atom is -0.307 e. The molecule has 0 spiro atoms. The van der Waals surface area contributed by atoms with Gasteiger partial charge in [0.2, 0.25) is 0 Å². The van der Waals surface area contributed by atoms with E-state index in [9.17, 15) is 0 Å². The smallest absolute Gasteiger partial charge is 0.0991 e. The first-order valence-corrected chi connectivity index (χ1v) is 6.95. The number of aryl methyl sites for hydroxylation is 2. The second-order valence-electron chi connectivity index (χ2n) is 4.57. The van der Waals surface area contributed by atoms with Crippen molar-refractivity contribution in [2.75, 3.05) is 0 Å². The van der Waals surface area contributed by atoms with Gasteiger partial charge in [-0.1, -0.05) is 23.7 Å². The van der Waals surface area contributed by atoms with Gasteiger partial charge in [-0.15, -0.1) is 0 Å².